The lowest BCUT2D eigenvalue weighted by Gasteiger charge is -2.30. The number of aromatic nitrogens is 2. The van der Waals surface area contributed by atoms with Crippen LogP contribution in [0.3, 0.4) is 0 Å². The minimum absolute atomic E-state index is 0.615. The molecule has 1 aliphatic heterocycles. The van der Waals surface area contributed by atoms with Crippen LogP contribution in [0.1, 0.15) is 22.4 Å². The van der Waals surface area contributed by atoms with Gasteiger partial charge in [0.05, 0.1) is 14.2 Å². The molecule has 1 N–H and O–H groups in total. The van der Waals surface area contributed by atoms with Crippen molar-refractivity contribution in [3.8, 4) is 11.5 Å². The van der Waals surface area contributed by atoms with Gasteiger partial charge in [-0.15, -0.1) is 0 Å². The highest BCUT2D eigenvalue weighted by Crippen LogP contribution is 2.34. The third-order valence-electron chi connectivity index (χ3n) is 5.16. The van der Waals surface area contributed by atoms with E-state index in [1.54, 1.807) is 14.2 Å². The fraction of sp³-hybridized carbons (Fsp3) is 0.304. The summed E-state index contributed by atoms with van der Waals surface area (Å²) in [5.41, 5.74) is 5.65. The molecule has 6 heteroatoms. The van der Waals surface area contributed by atoms with Crippen molar-refractivity contribution in [2.75, 3.05) is 31.0 Å². The van der Waals surface area contributed by atoms with E-state index in [9.17, 15) is 0 Å². The zero-order valence-electron chi connectivity index (χ0n) is 17.3. The number of hydrogen-bond donors (Lipinski definition) is 1. The molecule has 0 spiro atoms. The van der Waals surface area contributed by atoms with Crippen LogP contribution in [0.4, 0.5) is 17.5 Å². The van der Waals surface area contributed by atoms with E-state index in [0.29, 0.717) is 5.95 Å². The van der Waals surface area contributed by atoms with Crippen molar-refractivity contribution in [2.45, 2.75) is 26.8 Å². The summed E-state index contributed by atoms with van der Waals surface area (Å²) in [6, 6.07) is 14.4. The predicted molar refractivity (Wildman–Crippen MR) is 116 cm³/mol. The second-order valence-corrected chi connectivity index (χ2v) is 7.33. The van der Waals surface area contributed by atoms with Gasteiger partial charge in [0.1, 0.15) is 5.82 Å². The van der Waals surface area contributed by atoms with Gasteiger partial charge >= 0.3 is 0 Å². The molecule has 0 saturated carbocycles. The van der Waals surface area contributed by atoms with Gasteiger partial charge in [-0.05, 0) is 61.2 Å². The molecule has 1 aliphatic rings. The molecule has 1 aromatic heterocycles. The Balaban J connectivity index is 1.60. The Morgan fingerprint density at radius 1 is 0.931 bits per heavy atom. The first-order valence-corrected chi connectivity index (χ1v) is 9.74. The third-order valence-corrected chi connectivity index (χ3v) is 5.16. The third kappa shape index (κ3) is 4.11. The average Bonchev–Trinajstić information content (AvgIpc) is 2.71. The molecule has 0 fully saturated rings. The maximum atomic E-state index is 5.48. The predicted octanol–water partition coefficient (Wildman–Crippen LogP) is 4.42. The van der Waals surface area contributed by atoms with Gasteiger partial charge < -0.3 is 19.7 Å². The Hall–Kier alpha value is -3.28. The molecular weight excluding hydrogens is 364 g/mol. The fourth-order valence-corrected chi connectivity index (χ4v) is 3.70. The first kappa shape index (κ1) is 19.1. The molecule has 0 unspecified atom stereocenters. The van der Waals surface area contributed by atoms with E-state index in [1.807, 2.05) is 25.1 Å². The van der Waals surface area contributed by atoms with Gasteiger partial charge in [0.25, 0.3) is 0 Å². The summed E-state index contributed by atoms with van der Waals surface area (Å²) in [7, 11) is 3.34. The summed E-state index contributed by atoms with van der Waals surface area (Å²) in [6.45, 7) is 5.74. The number of ether oxygens (including phenoxy) is 2. The maximum absolute atomic E-state index is 5.48. The van der Waals surface area contributed by atoms with Gasteiger partial charge in [0.2, 0.25) is 5.95 Å². The molecule has 0 atom stereocenters. The van der Waals surface area contributed by atoms with Crippen LogP contribution in [-0.2, 0) is 13.0 Å². The van der Waals surface area contributed by atoms with Crippen LogP contribution in [0.15, 0.2) is 42.5 Å². The monoisotopic (exact) mass is 390 g/mol. The van der Waals surface area contributed by atoms with Gasteiger partial charge in [-0.2, -0.15) is 4.98 Å². The van der Waals surface area contributed by atoms with E-state index < -0.39 is 0 Å². The largest absolute Gasteiger partial charge is 0.493 e. The van der Waals surface area contributed by atoms with E-state index in [0.717, 1.165) is 48.2 Å². The van der Waals surface area contributed by atoms with Crippen molar-refractivity contribution in [1.82, 2.24) is 9.97 Å². The Morgan fingerprint density at radius 3 is 2.41 bits per heavy atom. The highest BCUT2D eigenvalue weighted by Gasteiger charge is 2.21. The standard InChI is InChI=1S/C23H26N4O2/c1-15-6-5-7-19(10-15)25-23-24-16(2)11-22(26-23)27-9-8-17-12-20(28-3)21(29-4)13-18(17)14-27/h5-7,10-13H,8-9,14H2,1-4H3,(H,24,25,26). The summed E-state index contributed by atoms with van der Waals surface area (Å²) in [4.78, 5) is 11.6. The van der Waals surface area contributed by atoms with Gasteiger partial charge in [-0.1, -0.05) is 12.1 Å². The fourth-order valence-electron chi connectivity index (χ4n) is 3.70. The van der Waals surface area contributed by atoms with Crippen LogP contribution in [0.2, 0.25) is 0 Å². The van der Waals surface area contributed by atoms with Crippen molar-refractivity contribution < 1.29 is 9.47 Å². The molecule has 150 valence electrons. The Bertz CT molecular complexity index is 1040. The Kier molecular flexibility index (Phi) is 5.25. The average molecular weight is 390 g/mol. The minimum atomic E-state index is 0.615. The highest BCUT2D eigenvalue weighted by molar-refractivity contribution is 5.57. The van der Waals surface area contributed by atoms with Gasteiger partial charge in [-0.25, -0.2) is 4.98 Å². The molecule has 0 aliphatic carbocycles. The lowest BCUT2D eigenvalue weighted by atomic mass is 9.99. The number of hydrogen-bond acceptors (Lipinski definition) is 6. The molecule has 3 aromatic rings. The first-order chi connectivity index (χ1) is 14.1. The smallest absolute Gasteiger partial charge is 0.229 e. The number of anilines is 3. The number of benzene rings is 2. The molecule has 29 heavy (non-hydrogen) atoms. The van der Waals surface area contributed by atoms with Gasteiger partial charge in [0.15, 0.2) is 11.5 Å². The SMILES string of the molecule is COc1cc2c(cc1OC)CN(c1cc(C)nc(Nc3cccc(C)c3)n1)CC2. The normalized spacial score (nSPS) is 13.0. The molecule has 0 bridgehead atoms. The first-order valence-electron chi connectivity index (χ1n) is 9.74. The lowest BCUT2D eigenvalue weighted by molar-refractivity contribution is 0.353. The maximum Gasteiger partial charge on any atom is 0.229 e. The molecule has 4 rings (SSSR count). The molecule has 2 heterocycles. The number of aryl methyl sites for hydroxylation is 2. The Morgan fingerprint density at radius 2 is 1.69 bits per heavy atom. The lowest BCUT2D eigenvalue weighted by Crippen LogP contribution is -2.31. The summed E-state index contributed by atoms with van der Waals surface area (Å²) in [6.07, 6.45) is 0.930. The van der Waals surface area contributed by atoms with Crippen molar-refractivity contribution in [2.24, 2.45) is 0 Å². The van der Waals surface area contributed by atoms with Gasteiger partial charge in [-0.3, -0.25) is 0 Å². The summed E-state index contributed by atoms with van der Waals surface area (Å²) in [5, 5.41) is 3.33. The topological polar surface area (TPSA) is 59.5 Å². The van der Waals surface area contributed by atoms with Crippen molar-refractivity contribution >= 4 is 17.5 Å². The number of fused-ring (bicyclic) bond motifs is 1. The van der Waals surface area contributed by atoms with E-state index in [2.05, 4.69) is 46.4 Å². The molecule has 0 saturated heterocycles. The minimum Gasteiger partial charge on any atom is -0.493 e. The van der Waals surface area contributed by atoms with E-state index >= 15 is 0 Å². The zero-order chi connectivity index (χ0) is 20.4. The second-order valence-electron chi connectivity index (χ2n) is 7.33. The summed E-state index contributed by atoms with van der Waals surface area (Å²) < 4.78 is 10.9. The quantitative estimate of drug-likeness (QED) is 0.696. The molecular formula is C23H26N4O2. The van der Waals surface area contributed by atoms with Crippen LogP contribution < -0.4 is 19.7 Å². The van der Waals surface area contributed by atoms with Gasteiger partial charge in [0, 0.05) is 30.5 Å². The summed E-state index contributed by atoms with van der Waals surface area (Å²) >= 11 is 0. The Labute approximate surface area is 171 Å². The van der Waals surface area contributed by atoms with Crippen LogP contribution in [0.25, 0.3) is 0 Å². The van der Waals surface area contributed by atoms with E-state index in [-0.39, 0.29) is 0 Å². The van der Waals surface area contributed by atoms with Crippen molar-refractivity contribution in [3.63, 3.8) is 0 Å². The van der Waals surface area contributed by atoms with Crippen molar-refractivity contribution in [3.05, 3.63) is 64.8 Å². The molecule has 6 nitrogen and oxygen atoms in total. The zero-order valence-corrected chi connectivity index (χ0v) is 17.3. The van der Waals surface area contributed by atoms with E-state index in [4.69, 9.17) is 14.5 Å². The highest BCUT2D eigenvalue weighted by atomic mass is 16.5. The number of nitrogens with one attached hydrogen (secondary N) is 1. The molecule has 2 aromatic carbocycles. The summed E-state index contributed by atoms with van der Waals surface area (Å²) in [5.74, 6) is 3.08. The van der Waals surface area contributed by atoms with Crippen LogP contribution in [0, 0.1) is 13.8 Å². The molecule has 0 radical (unpaired) electrons. The van der Waals surface area contributed by atoms with Crippen LogP contribution >= 0.6 is 0 Å². The number of rotatable bonds is 5. The van der Waals surface area contributed by atoms with Crippen molar-refractivity contribution in [1.29, 1.82) is 0 Å². The van der Waals surface area contributed by atoms with Crippen LogP contribution in [0.5, 0.6) is 11.5 Å². The molecule has 0 amide bonds. The van der Waals surface area contributed by atoms with Crippen LogP contribution in [-0.4, -0.2) is 30.7 Å². The number of methoxy groups -OCH3 is 2. The second kappa shape index (κ2) is 7.99. The number of nitrogens with zero attached hydrogens (tertiary/aromatic N) is 3. The van der Waals surface area contributed by atoms with E-state index in [1.165, 1.54) is 16.7 Å².